The number of nitrogens with zero attached hydrogens (tertiary/aromatic N) is 2. The summed E-state index contributed by atoms with van der Waals surface area (Å²) < 4.78 is 0. The normalized spacial score (nSPS) is 20.3. The third kappa shape index (κ3) is 2.41. The maximum Gasteiger partial charge on any atom is 0.147 e. The van der Waals surface area contributed by atoms with Crippen LogP contribution in [0.25, 0.3) is 0 Å². The van der Waals surface area contributed by atoms with Crippen molar-refractivity contribution in [2.45, 2.75) is 25.4 Å². The second kappa shape index (κ2) is 3.99. The molecule has 0 radical (unpaired) electrons. The SMILES string of the molecule is CC1(O)CCN(c2ncccc2Cl)CC1. The Kier molecular flexibility index (Phi) is 2.85. The predicted molar refractivity (Wildman–Crippen MR) is 61.3 cm³/mol. The smallest absolute Gasteiger partial charge is 0.147 e. The molecule has 0 saturated carbocycles. The number of hydrogen-bond acceptors (Lipinski definition) is 3. The molecule has 1 aromatic heterocycles. The number of aliphatic hydroxyl groups is 1. The van der Waals surface area contributed by atoms with Crippen LogP contribution in [0, 0.1) is 0 Å². The Labute approximate surface area is 94.7 Å². The van der Waals surface area contributed by atoms with Gasteiger partial charge in [-0.15, -0.1) is 0 Å². The monoisotopic (exact) mass is 226 g/mol. The van der Waals surface area contributed by atoms with Crippen molar-refractivity contribution >= 4 is 17.4 Å². The first kappa shape index (κ1) is 10.7. The van der Waals surface area contributed by atoms with Gasteiger partial charge in [-0.05, 0) is 31.9 Å². The standard InChI is InChI=1S/C11H15ClN2O/c1-11(15)4-7-14(8-5-11)10-9(12)3-2-6-13-10/h2-3,6,15H,4-5,7-8H2,1H3. The van der Waals surface area contributed by atoms with Crippen LogP contribution in [-0.2, 0) is 0 Å². The number of piperidine rings is 1. The first-order valence-electron chi connectivity index (χ1n) is 5.16. The Bertz CT molecular complexity index is 344. The first-order valence-corrected chi connectivity index (χ1v) is 5.54. The Balaban J connectivity index is 2.11. The molecule has 1 aliphatic rings. The van der Waals surface area contributed by atoms with E-state index in [0.29, 0.717) is 5.02 Å². The van der Waals surface area contributed by atoms with E-state index in [4.69, 9.17) is 11.6 Å². The molecule has 82 valence electrons. The maximum absolute atomic E-state index is 9.83. The molecule has 0 bridgehead atoms. The molecular weight excluding hydrogens is 212 g/mol. The Morgan fingerprint density at radius 1 is 1.47 bits per heavy atom. The topological polar surface area (TPSA) is 36.4 Å². The van der Waals surface area contributed by atoms with Gasteiger partial charge in [0, 0.05) is 19.3 Å². The number of pyridine rings is 1. The molecule has 0 amide bonds. The van der Waals surface area contributed by atoms with Gasteiger partial charge in [-0.1, -0.05) is 11.6 Å². The third-order valence-corrected chi connectivity index (χ3v) is 3.17. The molecule has 0 aliphatic carbocycles. The lowest BCUT2D eigenvalue weighted by Gasteiger charge is -2.36. The fraction of sp³-hybridized carbons (Fsp3) is 0.545. The Morgan fingerprint density at radius 3 is 2.73 bits per heavy atom. The minimum Gasteiger partial charge on any atom is -0.390 e. The fourth-order valence-electron chi connectivity index (χ4n) is 1.81. The molecule has 1 saturated heterocycles. The molecule has 15 heavy (non-hydrogen) atoms. The van der Waals surface area contributed by atoms with Crippen LogP contribution in [0.15, 0.2) is 18.3 Å². The molecule has 0 spiro atoms. The van der Waals surface area contributed by atoms with E-state index < -0.39 is 5.60 Å². The maximum atomic E-state index is 9.83. The lowest BCUT2D eigenvalue weighted by Crippen LogP contribution is -2.42. The quantitative estimate of drug-likeness (QED) is 0.797. The van der Waals surface area contributed by atoms with Gasteiger partial charge in [-0.2, -0.15) is 0 Å². The molecule has 2 heterocycles. The van der Waals surface area contributed by atoms with Crippen LogP contribution >= 0.6 is 11.6 Å². The third-order valence-electron chi connectivity index (χ3n) is 2.88. The van der Waals surface area contributed by atoms with E-state index in [0.717, 1.165) is 31.7 Å². The van der Waals surface area contributed by atoms with E-state index in [-0.39, 0.29) is 0 Å². The molecule has 2 rings (SSSR count). The van der Waals surface area contributed by atoms with Crippen molar-refractivity contribution < 1.29 is 5.11 Å². The molecule has 4 heteroatoms. The molecule has 3 nitrogen and oxygen atoms in total. The summed E-state index contributed by atoms with van der Waals surface area (Å²) in [7, 11) is 0. The number of rotatable bonds is 1. The van der Waals surface area contributed by atoms with Crippen LogP contribution in [0.4, 0.5) is 5.82 Å². The van der Waals surface area contributed by atoms with E-state index in [1.54, 1.807) is 6.20 Å². The van der Waals surface area contributed by atoms with Gasteiger partial charge in [-0.25, -0.2) is 4.98 Å². The van der Waals surface area contributed by atoms with Gasteiger partial charge in [0.15, 0.2) is 0 Å². The first-order chi connectivity index (χ1) is 7.08. The highest BCUT2D eigenvalue weighted by molar-refractivity contribution is 6.32. The zero-order chi connectivity index (χ0) is 10.9. The van der Waals surface area contributed by atoms with E-state index in [2.05, 4.69) is 9.88 Å². The van der Waals surface area contributed by atoms with Crippen LogP contribution in [0.5, 0.6) is 0 Å². The van der Waals surface area contributed by atoms with E-state index in [1.165, 1.54) is 0 Å². The van der Waals surface area contributed by atoms with Gasteiger partial charge in [0.1, 0.15) is 5.82 Å². The average Bonchev–Trinajstić information content (AvgIpc) is 2.19. The summed E-state index contributed by atoms with van der Waals surface area (Å²) in [6, 6.07) is 3.67. The summed E-state index contributed by atoms with van der Waals surface area (Å²) in [6.45, 7) is 3.50. The molecule has 0 unspecified atom stereocenters. The van der Waals surface area contributed by atoms with Gasteiger partial charge in [0.05, 0.1) is 10.6 Å². The molecule has 1 N–H and O–H groups in total. The van der Waals surface area contributed by atoms with Crippen LogP contribution < -0.4 is 4.90 Å². The fourth-order valence-corrected chi connectivity index (χ4v) is 2.05. The van der Waals surface area contributed by atoms with Crippen LogP contribution in [0.1, 0.15) is 19.8 Å². The molecular formula is C11H15ClN2O. The van der Waals surface area contributed by atoms with E-state index in [1.807, 2.05) is 19.1 Å². The largest absolute Gasteiger partial charge is 0.390 e. The summed E-state index contributed by atoms with van der Waals surface area (Å²) in [6.07, 6.45) is 3.27. The molecule has 0 atom stereocenters. The zero-order valence-corrected chi connectivity index (χ0v) is 9.54. The number of halogens is 1. The van der Waals surface area contributed by atoms with Gasteiger partial charge in [-0.3, -0.25) is 0 Å². The summed E-state index contributed by atoms with van der Waals surface area (Å²) in [5.74, 6) is 0.828. The number of aromatic nitrogens is 1. The molecule has 0 aromatic carbocycles. The Morgan fingerprint density at radius 2 is 2.13 bits per heavy atom. The van der Waals surface area contributed by atoms with Gasteiger partial charge in [0.2, 0.25) is 0 Å². The Hall–Kier alpha value is -0.800. The van der Waals surface area contributed by atoms with E-state index in [9.17, 15) is 5.11 Å². The minimum absolute atomic E-state index is 0.530. The van der Waals surface area contributed by atoms with Crippen molar-refractivity contribution in [1.82, 2.24) is 4.98 Å². The van der Waals surface area contributed by atoms with Crippen LogP contribution in [0.3, 0.4) is 0 Å². The van der Waals surface area contributed by atoms with E-state index >= 15 is 0 Å². The number of anilines is 1. The second-order valence-electron chi connectivity index (χ2n) is 4.29. The van der Waals surface area contributed by atoms with Crippen molar-refractivity contribution in [3.63, 3.8) is 0 Å². The summed E-state index contributed by atoms with van der Waals surface area (Å²) in [4.78, 5) is 6.39. The minimum atomic E-state index is -0.530. The van der Waals surface area contributed by atoms with Crippen LogP contribution in [0.2, 0.25) is 5.02 Å². The zero-order valence-electron chi connectivity index (χ0n) is 8.78. The van der Waals surface area contributed by atoms with Gasteiger partial charge in [0.25, 0.3) is 0 Å². The summed E-state index contributed by atoms with van der Waals surface area (Å²) in [5, 5.41) is 10.5. The average molecular weight is 227 g/mol. The van der Waals surface area contributed by atoms with Crippen molar-refractivity contribution in [3.05, 3.63) is 23.4 Å². The highest BCUT2D eigenvalue weighted by Gasteiger charge is 2.28. The van der Waals surface area contributed by atoms with Crippen molar-refractivity contribution in [1.29, 1.82) is 0 Å². The lowest BCUT2D eigenvalue weighted by molar-refractivity contribution is 0.0350. The van der Waals surface area contributed by atoms with Gasteiger partial charge < -0.3 is 10.0 Å². The lowest BCUT2D eigenvalue weighted by atomic mass is 9.94. The summed E-state index contributed by atoms with van der Waals surface area (Å²) >= 11 is 6.06. The summed E-state index contributed by atoms with van der Waals surface area (Å²) in [5.41, 5.74) is -0.530. The molecule has 1 aliphatic heterocycles. The van der Waals surface area contributed by atoms with Crippen molar-refractivity contribution in [2.75, 3.05) is 18.0 Å². The van der Waals surface area contributed by atoms with Crippen LogP contribution in [-0.4, -0.2) is 28.8 Å². The molecule has 1 fully saturated rings. The highest BCUT2D eigenvalue weighted by Crippen LogP contribution is 2.28. The highest BCUT2D eigenvalue weighted by atomic mass is 35.5. The van der Waals surface area contributed by atoms with Crippen molar-refractivity contribution in [3.8, 4) is 0 Å². The second-order valence-corrected chi connectivity index (χ2v) is 4.70. The molecule has 1 aromatic rings. The predicted octanol–water partition coefficient (Wildman–Crippen LogP) is 2.09. The van der Waals surface area contributed by atoms with Gasteiger partial charge >= 0.3 is 0 Å². The van der Waals surface area contributed by atoms with Crippen molar-refractivity contribution in [2.24, 2.45) is 0 Å². The number of hydrogen-bond donors (Lipinski definition) is 1.